The predicted octanol–water partition coefficient (Wildman–Crippen LogP) is 7.62. The van der Waals surface area contributed by atoms with Gasteiger partial charge in [-0.05, 0) is 12.3 Å². The summed E-state index contributed by atoms with van der Waals surface area (Å²) in [5.74, 6) is -27.2. The van der Waals surface area contributed by atoms with E-state index in [4.69, 9.17) is 0 Å². The topological polar surface area (TPSA) is 44.8 Å². The molecule has 0 aromatic carbocycles. The zero-order chi connectivity index (χ0) is 30.8. The van der Waals surface area contributed by atoms with Gasteiger partial charge in [0.2, 0.25) is 0 Å². The Balaban J connectivity index is 6.53. The molecule has 0 heterocycles. The van der Waals surface area contributed by atoms with Gasteiger partial charge in [-0.3, -0.25) is 9.47 Å². The van der Waals surface area contributed by atoms with Gasteiger partial charge in [0, 0.05) is 0 Å². The number of carbonyl (C=O) groups excluding carboxylic acids is 1. The molecule has 3 atom stereocenters. The molecule has 4 nitrogen and oxygen atoms in total. The molecule has 0 radical (unpaired) electrons. The second kappa shape index (κ2) is 11.4. The molecule has 0 amide bonds. The molecule has 0 N–H and O–H groups in total. The van der Waals surface area contributed by atoms with Gasteiger partial charge in [0.1, 0.15) is 0 Å². The second-order valence-corrected chi connectivity index (χ2v) is 7.51. The predicted molar refractivity (Wildman–Crippen MR) is 87.1 cm³/mol. The molecule has 0 unspecified atom stereocenters. The molecule has 0 spiro atoms. The summed E-state index contributed by atoms with van der Waals surface area (Å²) in [6.45, 7) is 1.75. The number of halogens is 17. The van der Waals surface area contributed by atoms with E-state index >= 15 is 0 Å². The number of rotatable bonds is 13. The maximum atomic E-state index is 14.4. The first kappa shape index (κ1) is 36.2. The van der Waals surface area contributed by atoms with E-state index in [0.29, 0.717) is 12.8 Å². The largest absolute Gasteiger partial charge is 0.462 e. The van der Waals surface area contributed by atoms with Crippen molar-refractivity contribution >= 4 is 5.97 Å². The Morgan fingerprint density at radius 3 is 1.47 bits per heavy atom. The SMILES string of the molecule is CCCC[C@@H](CC)COC(=O)[C@@](F)(OC(F)(F)[C@](F)(OC(F)(F)C(F)(F)C(F)(F)F)C(F)(F)F)C(F)(F)F. The van der Waals surface area contributed by atoms with E-state index in [1.165, 1.54) is 11.7 Å². The van der Waals surface area contributed by atoms with E-state index < -0.39 is 66.9 Å². The van der Waals surface area contributed by atoms with Gasteiger partial charge in [-0.15, -0.1) is 0 Å². The fourth-order valence-electron chi connectivity index (χ4n) is 2.33. The highest BCUT2D eigenvalue weighted by atomic mass is 19.4. The standard InChI is InChI=1S/C17H17F17O4/c1-3-5-6-8(4-2)7-36-9(35)10(18,13(22,23)24)37-17(33,34)12(21,15(28,29)30)38-16(31,32)11(19,20)14(25,26)27/h8H,3-7H2,1-2H3/t8-,10-,12-/m1/s1. The van der Waals surface area contributed by atoms with Gasteiger partial charge < -0.3 is 4.74 Å². The summed E-state index contributed by atoms with van der Waals surface area (Å²) in [6, 6.07) is 0. The molecule has 0 saturated carbocycles. The Morgan fingerprint density at radius 2 is 1.13 bits per heavy atom. The van der Waals surface area contributed by atoms with Gasteiger partial charge in [0.15, 0.2) is 0 Å². The van der Waals surface area contributed by atoms with E-state index in [9.17, 15) is 79.4 Å². The van der Waals surface area contributed by atoms with Crippen molar-refractivity contribution < 1.29 is 93.6 Å². The van der Waals surface area contributed by atoms with Crippen molar-refractivity contribution in [3.63, 3.8) is 0 Å². The van der Waals surface area contributed by atoms with Crippen molar-refractivity contribution in [1.82, 2.24) is 0 Å². The first-order chi connectivity index (χ1) is 16.6. The van der Waals surface area contributed by atoms with Crippen LogP contribution >= 0.6 is 0 Å². The summed E-state index contributed by atoms with van der Waals surface area (Å²) in [5, 5.41) is 0. The van der Waals surface area contributed by atoms with Crippen LogP contribution in [0.25, 0.3) is 0 Å². The molecule has 228 valence electrons. The average Bonchev–Trinajstić information content (AvgIpc) is 2.70. The number of hydrogen-bond acceptors (Lipinski definition) is 4. The van der Waals surface area contributed by atoms with E-state index in [1.807, 2.05) is 4.74 Å². The quantitative estimate of drug-likeness (QED) is 0.160. The lowest BCUT2D eigenvalue weighted by atomic mass is 10.0. The number of esters is 1. The van der Waals surface area contributed by atoms with E-state index in [0.717, 1.165) is 0 Å². The third-order valence-corrected chi connectivity index (χ3v) is 4.62. The highest BCUT2D eigenvalue weighted by molar-refractivity contribution is 5.78. The van der Waals surface area contributed by atoms with Crippen LogP contribution < -0.4 is 0 Å². The van der Waals surface area contributed by atoms with E-state index in [-0.39, 0.29) is 12.8 Å². The first-order valence-electron chi connectivity index (χ1n) is 9.87. The Labute approximate surface area is 201 Å². The number of ether oxygens (including phenoxy) is 3. The molecule has 38 heavy (non-hydrogen) atoms. The van der Waals surface area contributed by atoms with Gasteiger partial charge in [-0.1, -0.05) is 33.1 Å². The van der Waals surface area contributed by atoms with Crippen LogP contribution in [0.5, 0.6) is 0 Å². The Morgan fingerprint density at radius 1 is 0.658 bits per heavy atom. The average molecular weight is 608 g/mol. The third-order valence-electron chi connectivity index (χ3n) is 4.62. The fourth-order valence-corrected chi connectivity index (χ4v) is 2.33. The van der Waals surface area contributed by atoms with E-state index in [2.05, 4.69) is 4.74 Å². The molecule has 21 heteroatoms. The molecular formula is C17H17F17O4. The fraction of sp³-hybridized carbons (Fsp3) is 0.941. The number of hydrogen-bond donors (Lipinski definition) is 0. The van der Waals surface area contributed by atoms with Crippen LogP contribution in [0.2, 0.25) is 0 Å². The maximum absolute atomic E-state index is 14.4. The molecule has 0 saturated heterocycles. The smallest absolute Gasteiger partial charge is 0.461 e. The first-order valence-corrected chi connectivity index (χ1v) is 9.87. The van der Waals surface area contributed by atoms with Crippen LogP contribution in [-0.2, 0) is 19.0 Å². The normalized spacial score (nSPS) is 18.5. The molecule has 0 aromatic rings. The molecular weight excluding hydrogens is 591 g/mol. The van der Waals surface area contributed by atoms with Crippen molar-refractivity contribution in [1.29, 1.82) is 0 Å². The third kappa shape index (κ3) is 7.23. The van der Waals surface area contributed by atoms with Gasteiger partial charge in [-0.2, -0.15) is 74.6 Å². The van der Waals surface area contributed by atoms with Gasteiger partial charge in [0.25, 0.3) is 0 Å². The molecule has 0 aliphatic rings. The Bertz CT molecular complexity index is 791. The summed E-state index contributed by atoms with van der Waals surface area (Å²) in [5.41, 5.74) is 0. The Hall–Kier alpha value is -1.80. The van der Waals surface area contributed by atoms with Crippen LogP contribution in [0.15, 0.2) is 0 Å². The summed E-state index contributed by atoms with van der Waals surface area (Å²) >= 11 is 0. The molecule has 0 bridgehead atoms. The highest BCUT2D eigenvalue weighted by Crippen LogP contribution is 2.56. The van der Waals surface area contributed by atoms with Gasteiger partial charge >= 0.3 is 54.3 Å². The number of alkyl halides is 17. The Kier molecular flexibility index (Phi) is 10.8. The summed E-state index contributed by atoms with van der Waals surface area (Å²) in [7, 11) is 0. The van der Waals surface area contributed by atoms with Crippen molar-refractivity contribution in [2.75, 3.05) is 6.61 Å². The minimum absolute atomic E-state index is 0.00634. The van der Waals surface area contributed by atoms with Crippen LogP contribution in [-0.4, -0.2) is 61.0 Å². The van der Waals surface area contributed by atoms with E-state index in [1.54, 1.807) is 6.92 Å². The van der Waals surface area contributed by atoms with Gasteiger partial charge in [-0.25, -0.2) is 4.79 Å². The van der Waals surface area contributed by atoms with Gasteiger partial charge in [0.05, 0.1) is 6.61 Å². The van der Waals surface area contributed by atoms with Crippen molar-refractivity contribution in [2.45, 2.75) is 87.9 Å². The monoisotopic (exact) mass is 608 g/mol. The number of carbonyl (C=O) groups is 1. The van der Waals surface area contributed by atoms with Crippen molar-refractivity contribution in [3.05, 3.63) is 0 Å². The minimum Gasteiger partial charge on any atom is -0.461 e. The lowest BCUT2D eigenvalue weighted by molar-refractivity contribution is -0.548. The summed E-state index contributed by atoms with van der Waals surface area (Å²) in [4.78, 5) is 11.6. The zero-order valence-electron chi connectivity index (χ0n) is 18.7. The molecule has 0 aromatic heterocycles. The maximum Gasteiger partial charge on any atom is 0.462 e. The van der Waals surface area contributed by atoms with Crippen molar-refractivity contribution in [2.24, 2.45) is 5.92 Å². The second-order valence-electron chi connectivity index (χ2n) is 7.51. The van der Waals surface area contributed by atoms with Crippen LogP contribution in [0.1, 0.15) is 39.5 Å². The molecule has 0 aliphatic carbocycles. The summed E-state index contributed by atoms with van der Waals surface area (Å²) < 4.78 is 230. The van der Waals surface area contributed by atoms with Crippen LogP contribution in [0.4, 0.5) is 74.6 Å². The highest BCUT2D eigenvalue weighted by Gasteiger charge is 2.85. The molecule has 0 rings (SSSR count). The van der Waals surface area contributed by atoms with Crippen LogP contribution in [0, 0.1) is 5.92 Å². The molecule has 0 aliphatic heterocycles. The lowest BCUT2D eigenvalue weighted by Gasteiger charge is -2.39. The number of unbranched alkanes of at least 4 members (excludes halogenated alkanes) is 1. The summed E-state index contributed by atoms with van der Waals surface area (Å²) in [6.07, 6.45) is -37.7. The minimum atomic E-state index is -8.05. The lowest BCUT2D eigenvalue weighted by Crippen LogP contribution is -2.68. The molecule has 0 fully saturated rings. The zero-order valence-corrected chi connectivity index (χ0v) is 18.7. The van der Waals surface area contributed by atoms with Crippen LogP contribution in [0.3, 0.4) is 0 Å². The van der Waals surface area contributed by atoms with Crippen molar-refractivity contribution in [3.8, 4) is 0 Å².